The standard InChI is InChI=1S/C50H43NO4S2/c1-5-6-10-28-24-45(56-44(28)26-38-46(52)34-18-15-30(49(54)55)23-37(34)47(38)53)48-27(2)21-43(57-48)29-16-20-42-36(22-29)33-12-9-14-41(33)51(42)31-17-19-40-35(25-31)32-11-7-8-13-39(32)50(40,3)4/h7-8,11,13,15-26,33,41H,5-6,9-10,12,14H2,1-4H3,(H,54,55)/b38-26+. The summed E-state index contributed by atoms with van der Waals surface area (Å²) in [6.07, 6.45) is 8.26. The summed E-state index contributed by atoms with van der Waals surface area (Å²) in [5.41, 5.74) is 13.7. The number of hydrogen-bond acceptors (Lipinski definition) is 6. The molecule has 3 aliphatic carbocycles. The van der Waals surface area contributed by atoms with Crippen molar-refractivity contribution < 1.29 is 19.5 Å². The topological polar surface area (TPSA) is 74.7 Å². The quantitative estimate of drug-likeness (QED) is 0.123. The minimum atomic E-state index is -1.12. The normalized spacial score (nSPS) is 19.2. The Morgan fingerprint density at radius 2 is 1.65 bits per heavy atom. The van der Waals surface area contributed by atoms with Gasteiger partial charge in [-0.25, -0.2) is 4.79 Å². The summed E-state index contributed by atoms with van der Waals surface area (Å²) in [4.78, 5) is 45.7. The van der Waals surface area contributed by atoms with Crippen molar-refractivity contribution in [2.45, 2.75) is 83.6 Å². The number of carbonyl (C=O) groups excluding carboxylic acids is 2. The molecular formula is C50H43NO4S2. The Bertz CT molecular complexity index is 2740. The summed E-state index contributed by atoms with van der Waals surface area (Å²) < 4.78 is 0. The van der Waals surface area contributed by atoms with Crippen molar-refractivity contribution in [3.8, 4) is 31.3 Å². The fraction of sp³-hybridized carbons (Fsp3) is 0.260. The number of benzene rings is 4. The third-order valence-corrected chi connectivity index (χ3v) is 15.5. The summed E-state index contributed by atoms with van der Waals surface area (Å²) >= 11 is 3.44. The maximum Gasteiger partial charge on any atom is 0.335 e. The molecule has 284 valence electrons. The van der Waals surface area contributed by atoms with E-state index in [0.717, 1.165) is 34.6 Å². The zero-order chi connectivity index (χ0) is 39.3. The predicted octanol–water partition coefficient (Wildman–Crippen LogP) is 13.0. The Kier molecular flexibility index (Phi) is 8.44. The molecule has 1 fully saturated rings. The lowest BCUT2D eigenvalue weighted by atomic mass is 9.82. The third kappa shape index (κ3) is 5.57. The van der Waals surface area contributed by atoms with Gasteiger partial charge in [-0.2, -0.15) is 0 Å². The fourth-order valence-corrected chi connectivity index (χ4v) is 12.5. The number of fused-ring (bicyclic) bond motifs is 7. The van der Waals surface area contributed by atoms with Crippen molar-refractivity contribution in [2.24, 2.45) is 0 Å². The molecule has 1 N–H and O–H groups in total. The van der Waals surface area contributed by atoms with E-state index in [1.54, 1.807) is 17.4 Å². The lowest BCUT2D eigenvalue weighted by Gasteiger charge is -2.28. The first kappa shape index (κ1) is 36.0. The highest BCUT2D eigenvalue weighted by Gasteiger charge is 2.43. The van der Waals surface area contributed by atoms with Crippen LogP contribution in [0.2, 0.25) is 0 Å². The number of hydrogen-bond donors (Lipinski definition) is 1. The van der Waals surface area contributed by atoms with E-state index < -0.39 is 11.8 Å². The number of anilines is 2. The number of ketones is 2. The largest absolute Gasteiger partial charge is 0.478 e. The molecule has 0 radical (unpaired) electrons. The number of carboxylic acid groups (broad SMARTS) is 1. The van der Waals surface area contributed by atoms with Gasteiger partial charge in [0, 0.05) is 59.4 Å². The average Bonchev–Trinajstić information content (AvgIpc) is 4.06. The van der Waals surface area contributed by atoms with Gasteiger partial charge in [-0.15, -0.1) is 22.7 Å². The smallest absolute Gasteiger partial charge is 0.335 e. The highest BCUT2D eigenvalue weighted by Crippen LogP contribution is 2.56. The van der Waals surface area contributed by atoms with Gasteiger partial charge in [0.05, 0.1) is 11.1 Å². The number of unbranched alkanes of at least 4 members (excludes halogenated alkanes) is 1. The number of allylic oxidation sites excluding steroid dienone is 1. The zero-order valence-electron chi connectivity index (χ0n) is 32.6. The van der Waals surface area contributed by atoms with Gasteiger partial charge >= 0.3 is 5.97 Å². The van der Waals surface area contributed by atoms with Crippen molar-refractivity contribution in [2.75, 3.05) is 4.90 Å². The fourth-order valence-electron chi connectivity index (χ4n) is 10.0. The molecule has 0 spiro atoms. The first-order valence-corrected chi connectivity index (χ1v) is 21.8. The molecule has 7 heteroatoms. The van der Waals surface area contributed by atoms with Gasteiger partial charge < -0.3 is 10.0 Å². The van der Waals surface area contributed by atoms with Crippen LogP contribution in [0.3, 0.4) is 0 Å². The average molecular weight is 786 g/mol. The Morgan fingerprint density at radius 1 is 0.842 bits per heavy atom. The van der Waals surface area contributed by atoms with Gasteiger partial charge in [0.1, 0.15) is 0 Å². The van der Waals surface area contributed by atoms with Gasteiger partial charge in [-0.1, -0.05) is 70.0 Å². The molecule has 0 amide bonds. The van der Waals surface area contributed by atoms with Crippen LogP contribution < -0.4 is 4.90 Å². The Hall–Kier alpha value is -5.37. The molecule has 5 nitrogen and oxygen atoms in total. The number of Topliss-reactive ketones (excluding diaryl/α,β-unsaturated/α-hetero) is 2. The van der Waals surface area contributed by atoms with E-state index in [9.17, 15) is 19.5 Å². The summed E-state index contributed by atoms with van der Waals surface area (Å²) in [6, 6.07) is 32.4. The minimum Gasteiger partial charge on any atom is -0.478 e. The maximum absolute atomic E-state index is 13.5. The SMILES string of the molecule is CCCCc1cc(-c2sc(-c3ccc4c(c3)C3CCCC3N4c3ccc4c(c3)-c3ccccc3C4(C)C)cc2C)sc1/C=C1\C(=O)c2ccc(C(=O)O)cc2C1=O. The number of aromatic carboxylic acids is 1. The molecular weight excluding hydrogens is 743 g/mol. The van der Waals surface area contributed by atoms with E-state index in [4.69, 9.17) is 0 Å². The van der Waals surface area contributed by atoms with Crippen LogP contribution in [-0.4, -0.2) is 28.7 Å². The first-order chi connectivity index (χ1) is 27.5. The van der Waals surface area contributed by atoms with Crippen molar-refractivity contribution in [3.05, 3.63) is 146 Å². The van der Waals surface area contributed by atoms with Crippen molar-refractivity contribution in [1.29, 1.82) is 0 Å². The van der Waals surface area contributed by atoms with Crippen LogP contribution in [0.25, 0.3) is 37.4 Å². The minimum absolute atomic E-state index is 0.000626. The highest BCUT2D eigenvalue weighted by atomic mass is 32.1. The predicted molar refractivity (Wildman–Crippen MR) is 233 cm³/mol. The van der Waals surface area contributed by atoms with Gasteiger partial charge in [-0.05, 0) is 138 Å². The second-order valence-corrected chi connectivity index (χ2v) is 18.8. The second-order valence-electron chi connectivity index (χ2n) is 16.7. The molecule has 3 heterocycles. The number of rotatable bonds is 8. The van der Waals surface area contributed by atoms with Crippen LogP contribution in [0.15, 0.2) is 96.6 Å². The number of aryl methyl sites for hydroxylation is 2. The van der Waals surface area contributed by atoms with Crippen LogP contribution in [0.4, 0.5) is 11.4 Å². The molecule has 1 saturated carbocycles. The molecule has 0 bridgehead atoms. The van der Waals surface area contributed by atoms with E-state index >= 15 is 0 Å². The van der Waals surface area contributed by atoms with E-state index in [0.29, 0.717) is 12.0 Å². The lowest BCUT2D eigenvalue weighted by molar-refractivity contribution is 0.0696. The Morgan fingerprint density at radius 3 is 2.47 bits per heavy atom. The van der Waals surface area contributed by atoms with E-state index in [1.165, 1.54) is 97.5 Å². The maximum atomic E-state index is 13.5. The van der Waals surface area contributed by atoms with Gasteiger partial charge in [0.2, 0.25) is 0 Å². The molecule has 6 aromatic rings. The van der Waals surface area contributed by atoms with Gasteiger partial charge in [-0.3, -0.25) is 9.59 Å². The summed E-state index contributed by atoms with van der Waals surface area (Å²) in [5, 5.41) is 9.48. The molecule has 2 atom stereocenters. The molecule has 4 aromatic carbocycles. The van der Waals surface area contributed by atoms with Crippen LogP contribution in [0.5, 0.6) is 0 Å². The monoisotopic (exact) mass is 785 g/mol. The molecule has 1 aliphatic heterocycles. The van der Waals surface area contributed by atoms with E-state index in [1.807, 2.05) is 11.3 Å². The number of carbonyl (C=O) groups is 3. The molecule has 2 unspecified atom stereocenters. The van der Waals surface area contributed by atoms with Gasteiger partial charge in [0.25, 0.3) is 0 Å². The number of nitrogens with zero attached hydrogens (tertiary/aromatic N) is 1. The van der Waals surface area contributed by atoms with Crippen LogP contribution >= 0.6 is 22.7 Å². The summed E-state index contributed by atoms with van der Waals surface area (Å²) in [5.74, 6) is -1.37. The molecule has 4 aliphatic rings. The number of thiophene rings is 2. The van der Waals surface area contributed by atoms with E-state index in [2.05, 4.69) is 105 Å². The molecule has 10 rings (SSSR count). The molecule has 57 heavy (non-hydrogen) atoms. The van der Waals surface area contributed by atoms with Crippen molar-refractivity contribution >= 4 is 57.7 Å². The lowest BCUT2D eigenvalue weighted by Crippen LogP contribution is -2.26. The first-order valence-electron chi connectivity index (χ1n) is 20.1. The van der Waals surface area contributed by atoms with Crippen LogP contribution in [0.1, 0.15) is 123 Å². The highest BCUT2D eigenvalue weighted by molar-refractivity contribution is 7.24. The van der Waals surface area contributed by atoms with Crippen LogP contribution in [0, 0.1) is 6.92 Å². The van der Waals surface area contributed by atoms with Crippen molar-refractivity contribution in [3.63, 3.8) is 0 Å². The van der Waals surface area contributed by atoms with Crippen LogP contribution in [-0.2, 0) is 11.8 Å². The second kappa shape index (κ2) is 13.4. The summed E-state index contributed by atoms with van der Waals surface area (Å²) in [6.45, 7) is 9.03. The molecule has 2 aromatic heterocycles. The zero-order valence-corrected chi connectivity index (χ0v) is 34.2. The molecule has 0 saturated heterocycles. The Labute approximate surface area is 341 Å². The summed E-state index contributed by atoms with van der Waals surface area (Å²) in [7, 11) is 0. The van der Waals surface area contributed by atoms with Gasteiger partial charge in [0.15, 0.2) is 11.6 Å². The number of carboxylic acids is 1. The third-order valence-electron chi connectivity index (χ3n) is 12.9. The van der Waals surface area contributed by atoms with Crippen molar-refractivity contribution in [1.82, 2.24) is 0 Å². The van der Waals surface area contributed by atoms with E-state index in [-0.39, 0.29) is 33.5 Å². The Balaban J connectivity index is 0.985.